The molecule has 1 aliphatic heterocycles. The molecule has 0 saturated carbocycles. The van der Waals surface area contributed by atoms with Crippen LogP contribution in [0.25, 0.3) is 0 Å². The maximum Gasteiger partial charge on any atom is 0.240 e. The lowest BCUT2D eigenvalue weighted by Gasteiger charge is -2.15. The summed E-state index contributed by atoms with van der Waals surface area (Å²) >= 11 is 0. The van der Waals surface area contributed by atoms with E-state index < -0.39 is 0 Å². The number of aromatic nitrogens is 2. The summed E-state index contributed by atoms with van der Waals surface area (Å²) in [5.41, 5.74) is 2.14. The van der Waals surface area contributed by atoms with Gasteiger partial charge in [0.05, 0.1) is 11.7 Å². The molecule has 2 rings (SSSR count). The molecule has 1 saturated heterocycles. The van der Waals surface area contributed by atoms with Gasteiger partial charge in [0.25, 0.3) is 0 Å². The second-order valence-corrected chi connectivity index (χ2v) is 4.30. The van der Waals surface area contributed by atoms with Crippen LogP contribution in [-0.4, -0.2) is 40.2 Å². The minimum Gasteiger partial charge on any atom is -0.337 e. The minimum atomic E-state index is -0.00280. The number of hydrogen-bond donors (Lipinski definition) is 1. The Morgan fingerprint density at radius 3 is 2.88 bits per heavy atom. The lowest BCUT2D eigenvalue weighted by Crippen LogP contribution is -2.35. The zero-order valence-electron chi connectivity index (χ0n) is 10.0. The molecule has 16 heavy (non-hydrogen) atoms. The highest BCUT2D eigenvalue weighted by Gasteiger charge is 2.30. The summed E-state index contributed by atoms with van der Waals surface area (Å²) in [5.74, 6) is 0.200. The lowest BCUT2D eigenvalue weighted by atomic mass is 10.2. The Morgan fingerprint density at radius 1 is 1.62 bits per heavy atom. The molecule has 1 N–H and O–H groups in total. The van der Waals surface area contributed by atoms with Crippen LogP contribution < -0.4 is 5.32 Å². The van der Waals surface area contributed by atoms with E-state index in [4.69, 9.17) is 0 Å². The summed E-state index contributed by atoms with van der Waals surface area (Å²) in [6.45, 7) is 3.49. The van der Waals surface area contributed by atoms with Gasteiger partial charge in [-0.15, -0.1) is 0 Å². The first-order valence-corrected chi connectivity index (χ1v) is 5.57. The number of likely N-dealkylation sites (N-methyl/N-ethyl adjacent to an activating group) is 1. The van der Waals surface area contributed by atoms with E-state index in [2.05, 4.69) is 10.4 Å². The van der Waals surface area contributed by atoms with Gasteiger partial charge in [-0.1, -0.05) is 0 Å². The van der Waals surface area contributed by atoms with Crippen LogP contribution in [0.15, 0.2) is 6.20 Å². The van der Waals surface area contributed by atoms with E-state index in [0.29, 0.717) is 6.54 Å². The molecule has 2 heterocycles. The van der Waals surface area contributed by atoms with Crippen LogP contribution in [0.5, 0.6) is 0 Å². The van der Waals surface area contributed by atoms with E-state index >= 15 is 0 Å². The van der Waals surface area contributed by atoms with Gasteiger partial charge in [-0.25, -0.2) is 0 Å². The highest BCUT2D eigenvalue weighted by Crippen LogP contribution is 2.16. The standard InChI is InChI=1S/C11H18N4O/c1-8-9(6-14(3)13-8)7-15-5-4-10(12-2)11(15)16/h6,10,12H,4-5,7H2,1-3H3. The SMILES string of the molecule is CNC1CCN(Cc2cn(C)nc2C)C1=O. The van der Waals surface area contributed by atoms with Gasteiger partial charge in [0.1, 0.15) is 0 Å². The number of nitrogens with one attached hydrogen (secondary N) is 1. The largest absolute Gasteiger partial charge is 0.337 e. The fourth-order valence-electron chi connectivity index (χ4n) is 2.17. The molecule has 1 unspecified atom stereocenters. The van der Waals surface area contributed by atoms with Crippen molar-refractivity contribution >= 4 is 5.91 Å². The Morgan fingerprint density at radius 2 is 2.38 bits per heavy atom. The predicted octanol–water partition coefficient (Wildman–Crippen LogP) is 0.0488. The molecule has 1 amide bonds. The topological polar surface area (TPSA) is 50.2 Å². The first-order valence-electron chi connectivity index (χ1n) is 5.57. The number of likely N-dealkylation sites (tertiary alicyclic amines) is 1. The highest BCUT2D eigenvalue weighted by molar-refractivity contribution is 5.83. The molecule has 1 aromatic rings. The van der Waals surface area contributed by atoms with Gasteiger partial charge in [-0.2, -0.15) is 5.10 Å². The summed E-state index contributed by atoms with van der Waals surface area (Å²) in [6.07, 6.45) is 2.88. The first kappa shape index (κ1) is 11.1. The van der Waals surface area contributed by atoms with Gasteiger partial charge < -0.3 is 10.2 Å². The van der Waals surface area contributed by atoms with Gasteiger partial charge in [0.15, 0.2) is 0 Å². The zero-order valence-corrected chi connectivity index (χ0v) is 10.0. The smallest absolute Gasteiger partial charge is 0.240 e. The van der Waals surface area contributed by atoms with E-state index in [1.165, 1.54) is 0 Å². The molecule has 1 atom stereocenters. The number of hydrogen-bond acceptors (Lipinski definition) is 3. The van der Waals surface area contributed by atoms with Crippen molar-refractivity contribution in [1.29, 1.82) is 0 Å². The van der Waals surface area contributed by atoms with E-state index in [0.717, 1.165) is 24.2 Å². The Balaban J connectivity index is 2.06. The molecule has 88 valence electrons. The number of carbonyl (C=O) groups is 1. The van der Waals surface area contributed by atoms with Crippen LogP contribution in [0.1, 0.15) is 17.7 Å². The van der Waals surface area contributed by atoms with Crippen LogP contribution >= 0.6 is 0 Å². The van der Waals surface area contributed by atoms with Crippen molar-refractivity contribution < 1.29 is 4.79 Å². The van der Waals surface area contributed by atoms with Crippen LogP contribution in [-0.2, 0) is 18.4 Å². The van der Waals surface area contributed by atoms with Crippen molar-refractivity contribution in [2.75, 3.05) is 13.6 Å². The third-order valence-corrected chi connectivity index (χ3v) is 3.12. The zero-order chi connectivity index (χ0) is 11.7. The molecule has 1 aromatic heterocycles. The number of carbonyl (C=O) groups excluding carboxylic acids is 1. The Labute approximate surface area is 95.4 Å². The molecular weight excluding hydrogens is 204 g/mol. The fourth-order valence-corrected chi connectivity index (χ4v) is 2.17. The predicted molar refractivity (Wildman–Crippen MR) is 60.8 cm³/mol. The second kappa shape index (κ2) is 4.25. The summed E-state index contributed by atoms with van der Waals surface area (Å²) in [4.78, 5) is 13.8. The van der Waals surface area contributed by atoms with Crippen LogP contribution in [0.2, 0.25) is 0 Å². The summed E-state index contributed by atoms with van der Waals surface area (Å²) in [7, 11) is 3.74. The lowest BCUT2D eigenvalue weighted by molar-refractivity contribution is -0.129. The van der Waals surface area contributed by atoms with Crippen molar-refractivity contribution in [3.8, 4) is 0 Å². The number of amides is 1. The monoisotopic (exact) mass is 222 g/mol. The quantitative estimate of drug-likeness (QED) is 0.786. The van der Waals surface area contributed by atoms with Crippen molar-refractivity contribution in [2.24, 2.45) is 7.05 Å². The van der Waals surface area contributed by atoms with Gasteiger partial charge in [-0.05, 0) is 20.4 Å². The maximum atomic E-state index is 11.9. The van der Waals surface area contributed by atoms with Crippen molar-refractivity contribution in [2.45, 2.75) is 25.9 Å². The molecule has 0 aliphatic carbocycles. The maximum absolute atomic E-state index is 11.9. The fraction of sp³-hybridized carbons (Fsp3) is 0.636. The molecule has 5 nitrogen and oxygen atoms in total. The van der Waals surface area contributed by atoms with Crippen molar-refractivity contribution in [1.82, 2.24) is 20.0 Å². The van der Waals surface area contributed by atoms with Gasteiger partial charge in [0.2, 0.25) is 5.91 Å². The first-order chi connectivity index (χ1) is 7.61. The Hall–Kier alpha value is -1.36. The van der Waals surface area contributed by atoms with Gasteiger partial charge in [0, 0.05) is 31.9 Å². The van der Waals surface area contributed by atoms with Gasteiger partial charge >= 0.3 is 0 Å². The molecule has 0 aromatic carbocycles. The molecular formula is C11H18N4O. The second-order valence-electron chi connectivity index (χ2n) is 4.30. The molecule has 0 bridgehead atoms. The molecule has 1 fully saturated rings. The molecule has 0 spiro atoms. The normalized spacial score (nSPS) is 20.8. The van der Waals surface area contributed by atoms with Crippen LogP contribution in [0.4, 0.5) is 0 Å². The molecule has 1 aliphatic rings. The van der Waals surface area contributed by atoms with E-state index in [9.17, 15) is 4.79 Å². The van der Waals surface area contributed by atoms with Crippen LogP contribution in [0.3, 0.4) is 0 Å². The highest BCUT2D eigenvalue weighted by atomic mass is 16.2. The summed E-state index contributed by atoms with van der Waals surface area (Å²) in [6, 6.07) is -0.00280. The summed E-state index contributed by atoms with van der Waals surface area (Å²) < 4.78 is 1.79. The average Bonchev–Trinajstić information content (AvgIpc) is 2.73. The Bertz CT molecular complexity index is 399. The molecule has 0 radical (unpaired) electrons. The third-order valence-electron chi connectivity index (χ3n) is 3.12. The number of rotatable bonds is 3. The Kier molecular flexibility index (Phi) is 2.96. The average molecular weight is 222 g/mol. The minimum absolute atomic E-state index is 0.00280. The van der Waals surface area contributed by atoms with E-state index in [1.54, 1.807) is 4.68 Å². The summed E-state index contributed by atoms with van der Waals surface area (Å²) in [5, 5.41) is 7.32. The molecule has 5 heteroatoms. The number of nitrogens with zero attached hydrogens (tertiary/aromatic N) is 3. The number of aryl methyl sites for hydroxylation is 2. The van der Waals surface area contributed by atoms with E-state index in [-0.39, 0.29) is 11.9 Å². The van der Waals surface area contributed by atoms with Crippen LogP contribution in [0, 0.1) is 6.92 Å². The van der Waals surface area contributed by atoms with Crippen molar-refractivity contribution in [3.05, 3.63) is 17.5 Å². The van der Waals surface area contributed by atoms with Gasteiger partial charge in [-0.3, -0.25) is 9.48 Å². The third kappa shape index (κ3) is 1.95. The van der Waals surface area contributed by atoms with E-state index in [1.807, 2.05) is 32.1 Å². The van der Waals surface area contributed by atoms with Crippen molar-refractivity contribution in [3.63, 3.8) is 0 Å².